The second-order valence-corrected chi connectivity index (χ2v) is 8.20. The number of para-hydroxylation sites is 1. The Kier molecular flexibility index (Phi) is 4.26. The lowest BCUT2D eigenvalue weighted by Gasteiger charge is -2.25. The van der Waals surface area contributed by atoms with Crippen LogP contribution in [0.3, 0.4) is 0 Å². The van der Waals surface area contributed by atoms with Crippen molar-refractivity contribution in [2.75, 3.05) is 18.4 Å². The van der Waals surface area contributed by atoms with Crippen LogP contribution in [-0.2, 0) is 19.5 Å². The van der Waals surface area contributed by atoms with Crippen molar-refractivity contribution in [2.24, 2.45) is 11.8 Å². The number of anilines is 1. The van der Waals surface area contributed by atoms with Gasteiger partial charge in [0.1, 0.15) is 5.82 Å². The summed E-state index contributed by atoms with van der Waals surface area (Å²) in [5.41, 5.74) is 2.16. The molecule has 0 unspecified atom stereocenters. The van der Waals surface area contributed by atoms with Gasteiger partial charge in [-0.15, -0.1) is 10.2 Å². The number of rotatable bonds is 4. The minimum Gasteiger partial charge on any atom is -0.319 e. The van der Waals surface area contributed by atoms with E-state index in [-0.39, 0.29) is 5.91 Å². The summed E-state index contributed by atoms with van der Waals surface area (Å²) in [6, 6.07) is 11.7. The zero-order valence-electron chi connectivity index (χ0n) is 14.9. The fourth-order valence-corrected chi connectivity index (χ4v) is 4.93. The largest absolute Gasteiger partial charge is 0.319 e. The van der Waals surface area contributed by atoms with E-state index in [0.717, 1.165) is 44.1 Å². The molecule has 1 saturated heterocycles. The smallest absolute Gasteiger partial charge is 0.293 e. The maximum absolute atomic E-state index is 12.7. The van der Waals surface area contributed by atoms with Crippen molar-refractivity contribution in [3.05, 3.63) is 64.4 Å². The zero-order valence-corrected chi connectivity index (χ0v) is 15.7. The summed E-state index contributed by atoms with van der Waals surface area (Å²) < 4.78 is 2.02. The van der Waals surface area contributed by atoms with Gasteiger partial charge in [-0.2, -0.15) is 11.3 Å². The van der Waals surface area contributed by atoms with Crippen molar-refractivity contribution in [1.29, 1.82) is 0 Å². The van der Waals surface area contributed by atoms with Crippen LogP contribution >= 0.6 is 11.3 Å². The van der Waals surface area contributed by atoms with Crippen LogP contribution in [0.5, 0.6) is 0 Å². The number of fused-ring (bicyclic) bond motifs is 2. The van der Waals surface area contributed by atoms with Crippen molar-refractivity contribution < 1.29 is 4.79 Å². The molecule has 0 saturated carbocycles. The Labute approximate surface area is 161 Å². The van der Waals surface area contributed by atoms with E-state index in [0.29, 0.717) is 17.7 Å². The second kappa shape index (κ2) is 6.90. The van der Waals surface area contributed by atoms with Crippen molar-refractivity contribution in [3.8, 4) is 0 Å². The first-order chi connectivity index (χ1) is 13.3. The Bertz CT molecular complexity index is 937. The van der Waals surface area contributed by atoms with E-state index in [9.17, 15) is 4.79 Å². The molecule has 5 rings (SSSR count). The Morgan fingerprint density at radius 3 is 2.78 bits per heavy atom. The number of carbonyl (C=O) groups excluding carboxylic acids is 1. The van der Waals surface area contributed by atoms with E-state index in [4.69, 9.17) is 0 Å². The molecule has 27 heavy (non-hydrogen) atoms. The van der Waals surface area contributed by atoms with Gasteiger partial charge in [0.25, 0.3) is 5.91 Å². The van der Waals surface area contributed by atoms with Crippen LogP contribution in [0.1, 0.15) is 22.0 Å². The summed E-state index contributed by atoms with van der Waals surface area (Å²) in [5, 5.41) is 15.8. The molecule has 4 heterocycles. The molecule has 1 N–H and O–H groups in total. The number of hydrogen-bond acceptors (Lipinski definition) is 5. The molecule has 6 nitrogen and oxygen atoms in total. The van der Waals surface area contributed by atoms with Gasteiger partial charge in [0.2, 0.25) is 5.82 Å². The third-order valence-corrected chi connectivity index (χ3v) is 6.29. The number of likely N-dealkylation sites (tertiary alicyclic amines) is 1. The minimum atomic E-state index is -0.188. The zero-order chi connectivity index (χ0) is 18.2. The van der Waals surface area contributed by atoms with E-state index in [1.54, 1.807) is 11.3 Å². The van der Waals surface area contributed by atoms with Crippen molar-refractivity contribution in [2.45, 2.75) is 19.5 Å². The molecular weight excluding hydrogens is 358 g/mol. The summed E-state index contributed by atoms with van der Waals surface area (Å²) in [7, 11) is 0. The van der Waals surface area contributed by atoms with Crippen molar-refractivity contribution in [3.63, 3.8) is 0 Å². The first-order valence-corrected chi connectivity index (χ1v) is 10.2. The topological polar surface area (TPSA) is 63.1 Å². The first kappa shape index (κ1) is 16.6. The van der Waals surface area contributed by atoms with Gasteiger partial charge in [-0.05, 0) is 46.4 Å². The van der Waals surface area contributed by atoms with E-state index >= 15 is 0 Å². The number of nitrogens with one attached hydrogen (secondary N) is 1. The molecule has 2 aromatic heterocycles. The molecule has 2 aliphatic rings. The molecule has 0 spiro atoms. The standard InChI is InChI=1S/C20H21N5OS/c26-20(21-17-4-2-1-3-5-17)19-23-22-18-8-15-10-24(9-14-6-7-27-13-14)11-16(15)12-25(18)19/h1-7,13,15-16H,8-12H2,(H,21,26)/t15-,16+/m1/s1. The predicted molar refractivity (Wildman–Crippen MR) is 105 cm³/mol. The monoisotopic (exact) mass is 379 g/mol. The van der Waals surface area contributed by atoms with Crippen LogP contribution in [0.4, 0.5) is 5.69 Å². The van der Waals surface area contributed by atoms with Gasteiger partial charge in [0.05, 0.1) is 0 Å². The maximum atomic E-state index is 12.7. The minimum absolute atomic E-state index is 0.188. The highest BCUT2D eigenvalue weighted by Crippen LogP contribution is 2.33. The lowest BCUT2D eigenvalue weighted by Crippen LogP contribution is -2.31. The third kappa shape index (κ3) is 3.28. The van der Waals surface area contributed by atoms with E-state index in [1.807, 2.05) is 34.9 Å². The number of thiophene rings is 1. The normalized spacial score (nSPS) is 21.6. The molecule has 2 atom stereocenters. The molecule has 0 bridgehead atoms. The van der Waals surface area contributed by atoms with Gasteiger partial charge in [-0.3, -0.25) is 9.69 Å². The molecule has 0 aliphatic carbocycles. The first-order valence-electron chi connectivity index (χ1n) is 9.28. The second-order valence-electron chi connectivity index (χ2n) is 7.42. The number of amides is 1. The molecule has 0 radical (unpaired) electrons. The highest BCUT2D eigenvalue weighted by atomic mass is 32.1. The highest BCUT2D eigenvalue weighted by molar-refractivity contribution is 7.07. The van der Waals surface area contributed by atoms with Gasteiger partial charge in [-0.25, -0.2) is 0 Å². The van der Waals surface area contributed by atoms with E-state index < -0.39 is 0 Å². The van der Waals surface area contributed by atoms with Gasteiger partial charge >= 0.3 is 0 Å². The van der Waals surface area contributed by atoms with Crippen LogP contribution < -0.4 is 5.32 Å². The molecule has 2 aliphatic heterocycles. The van der Waals surface area contributed by atoms with E-state index in [2.05, 4.69) is 37.2 Å². The molecule has 1 fully saturated rings. The average molecular weight is 379 g/mol. The SMILES string of the molecule is O=C(Nc1ccccc1)c1nnc2n1C[C@@H]1CN(Cc3ccsc3)C[C@H]1C2. The van der Waals surface area contributed by atoms with Gasteiger partial charge in [-0.1, -0.05) is 18.2 Å². The van der Waals surface area contributed by atoms with E-state index in [1.165, 1.54) is 5.56 Å². The number of carbonyl (C=O) groups is 1. The van der Waals surface area contributed by atoms with Crippen LogP contribution in [0, 0.1) is 11.8 Å². The van der Waals surface area contributed by atoms with Gasteiger partial charge < -0.3 is 9.88 Å². The molecule has 1 amide bonds. The summed E-state index contributed by atoms with van der Waals surface area (Å²) in [6.45, 7) is 4.00. The quantitative estimate of drug-likeness (QED) is 0.757. The predicted octanol–water partition coefficient (Wildman–Crippen LogP) is 2.90. The Morgan fingerprint density at radius 1 is 1.11 bits per heavy atom. The molecular formula is C20H21N5OS. The number of hydrogen-bond donors (Lipinski definition) is 1. The summed E-state index contributed by atoms with van der Waals surface area (Å²) >= 11 is 1.75. The van der Waals surface area contributed by atoms with Crippen LogP contribution in [0.2, 0.25) is 0 Å². The molecule has 3 aromatic rings. The fraction of sp³-hybridized carbons (Fsp3) is 0.350. The number of aromatic nitrogens is 3. The lowest BCUT2D eigenvalue weighted by atomic mass is 9.89. The van der Waals surface area contributed by atoms with Gasteiger partial charge in [0, 0.05) is 38.3 Å². The Morgan fingerprint density at radius 2 is 1.96 bits per heavy atom. The Balaban J connectivity index is 1.30. The average Bonchev–Trinajstić information content (AvgIpc) is 3.40. The van der Waals surface area contributed by atoms with Crippen LogP contribution in [-0.4, -0.2) is 38.7 Å². The van der Waals surface area contributed by atoms with Gasteiger partial charge in [0.15, 0.2) is 0 Å². The highest BCUT2D eigenvalue weighted by Gasteiger charge is 2.39. The third-order valence-electron chi connectivity index (χ3n) is 5.56. The molecule has 138 valence electrons. The maximum Gasteiger partial charge on any atom is 0.293 e. The van der Waals surface area contributed by atoms with Crippen molar-refractivity contribution in [1.82, 2.24) is 19.7 Å². The van der Waals surface area contributed by atoms with Crippen LogP contribution in [0.25, 0.3) is 0 Å². The molecule has 1 aromatic carbocycles. The summed E-state index contributed by atoms with van der Waals surface area (Å²) in [5.74, 6) is 2.32. The number of nitrogens with zero attached hydrogens (tertiary/aromatic N) is 4. The number of benzene rings is 1. The summed E-state index contributed by atoms with van der Waals surface area (Å²) in [6.07, 6.45) is 0.899. The van der Waals surface area contributed by atoms with Crippen LogP contribution in [0.15, 0.2) is 47.2 Å². The van der Waals surface area contributed by atoms with Crippen molar-refractivity contribution >= 4 is 22.9 Å². The fourth-order valence-electron chi connectivity index (χ4n) is 4.27. The summed E-state index contributed by atoms with van der Waals surface area (Å²) in [4.78, 5) is 15.2. The Hall–Kier alpha value is -2.51. The lowest BCUT2D eigenvalue weighted by molar-refractivity contribution is 0.100. The molecule has 7 heteroatoms.